The molecule has 54 heavy (non-hydrogen) atoms. The van der Waals surface area contributed by atoms with Crippen LogP contribution in [-0.2, 0) is 31.9 Å². The van der Waals surface area contributed by atoms with Crippen LogP contribution in [0.1, 0.15) is 67.1 Å². The summed E-state index contributed by atoms with van der Waals surface area (Å²) in [6.07, 6.45) is 0.993. The van der Waals surface area contributed by atoms with Crippen molar-refractivity contribution in [1.82, 2.24) is 4.90 Å². The zero-order chi connectivity index (χ0) is 38.2. The second-order valence-electron chi connectivity index (χ2n) is 15.2. The van der Waals surface area contributed by atoms with Gasteiger partial charge in [-0.2, -0.15) is 0 Å². The fourth-order valence-corrected chi connectivity index (χ4v) is 9.10. The topological polar surface area (TPSA) is 118 Å². The zero-order valence-electron chi connectivity index (χ0n) is 31.6. The zero-order valence-corrected chi connectivity index (χ0v) is 31.6. The van der Waals surface area contributed by atoms with E-state index in [0.29, 0.717) is 41.3 Å². The van der Waals surface area contributed by atoms with Crippen molar-refractivity contribution < 1.29 is 33.7 Å². The van der Waals surface area contributed by atoms with Gasteiger partial charge in [0.2, 0.25) is 5.91 Å². The van der Waals surface area contributed by atoms with Gasteiger partial charge in [-0.05, 0) is 84.0 Å². The Hall–Kier alpha value is -5.19. The van der Waals surface area contributed by atoms with Gasteiger partial charge < -0.3 is 34.4 Å². The minimum atomic E-state index is -1.45. The summed E-state index contributed by atoms with van der Waals surface area (Å²) in [6, 6.07) is 30.0. The van der Waals surface area contributed by atoms with Crippen LogP contribution >= 0.6 is 0 Å². The van der Waals surface area contributed by atoms with Gasteiger partial charge in [-0.3, -0.25) is 14.4 Å². The molecule has 2 N–H and O–H groups in total. The summed E-state index contributed by atoms with van der Waals surface area (Å²) in [4.78, 5) is 46.4. The van der Waals surface area contributed by atoms with E-state index in [4.69, 9.17) is 14.2 Å². The van der Waals surface area contributed by atoms with Crippen molar-refractivity contribution >= 4 is 29.1 Å². The first-order valence-electron chi connectivity index (χ1n) is 18.7. The Kier molecular flexibility index (Phi) is 10.3. The van der Waals surface area contributed by atoms with Gasteiger partial charge >= 0.3 is 0 Å². The van der Waals surface area contributed by atoms with Crippen LogP contribution in [0.25, 0.3) is 0 Å². The summed E-state index contributed by atoms with van der Waals surface area (Å²) < 4.78 is 17.9. The van der Waals surface area contributed by atoms with Crippen LogP contribution < -0.4 is 19.7 Å². The lowest BCUT2D eigenvalue weighted by atomic mass is 9.63. The lowest BCUT2D eigenvalue weighted by Gasteiger charge is -2.39. The highest BCUT2D eigenvalue weighted by atomic mass is 16.5. The molecule has 4 aromatic carbocycles. The van der Waals surface area contributed by atoms with Crippen molar-refractivity contribution in [2.24, 2.45) is 11.8 Å². The van der Waals surface area contributed by atoms with Crippen LogP contribution in [-0.4, -0.2) is 67.2 Å². The van der Waals surface area contributed by atoms with Gasteiger partial charge in [0.05, 0.1) is 51.6 Å². The van der Waals surface area contributed by atoms with Gasteiger partial charge in [0.25, 0.3) is 11.8 Å². The van der Waals surface area contributed by atoms with E-state index in [1.54, 1.807) is 48.3 Å². The molecule has 3 amide bonds. The van der Waals surface area contributed by atoms with Crippen LogP contribution in [0.2, 0.25) is 0 Å². The number of likely N-dealkylation sites (tertiary alicyclic amines) is 1. The Morgan fingerprint density at radius 1 is 0.944 bits per heavy atom. The minimum absolute atomic E-state index is 0.0576. The van der Waals surface area contributed by atoms with Crippen LogP contribution in [0.3, 0.4) is 0 Å². The second kappa shape index (κ2) is 14.9. The molecule has 0 saturated carbocycles. The summed E-state index contributed by atoms with van der Waals surface area (Å²) in [6.45, 7) is 7.16. The molecule has 1 spiro atoms. The molecule has 2 saturated heterocycles. The van der Waals surface area contributed by atoms with Crippen molar-refractivity contribution in [1.29, 1.82) is 0 Å². The molecule has 0 aromatic heterocycles. The third-order valence-corrected chi connectivity index (χ3v) is 11.9. The third-order valence-electron chi connectivity index (χ3n) is 11.9. The number of hydrogen-bond donors (Lipinski definition) is 2. The summed E-state index contributed by atoms with van der Waals surface area (Å²) in [5.74, 6) is 0.0835. The van der Waals surface area contributed by atoms with Gasteiger partial charge in [-0.15, -0.1) is 0 Å². The number of benzene rings is 4. The number of methoxy groups -OCH3 is 2. The molecule has 7 rings (SSSR count). The Morgan fingerprint density at radius 2 is 1.61 bits per heavy atom. The number of hydrogen-bond acceptors (Lipinski definition) is 7. The molecule has 0 aliphatic carbocycles. The maximum absolute atomic E-state index is 15.3. The van der Waals surface area contributed by atoms with Gasteiger partial charge in [-0.25, -0.2) is 0 Å². The van der Waals surface area contributed by atoms with Gasteiger partial charge in [0.15, 0.2) is 5.60 Å². The van der Waals surface area contributed by atoms with E-state index in [0.717, 1.165) is 29.7 Å². The van der Waals surface area contributed by atoms with E-state index < -0.39 is 23.0 Å². The van der Waals surface area contributed by atoms with E-state index in [-0.39, 0.29) is 42.7 Å². The first-order valence-corrected chi connectivity index (χ1v) is 18.7. The van der Waals surface area contributed by atoms with Crippen molar-refractivity contribution in [3.63, 3.8) is 0 Å². The summed E-state index contributed by atoms with van der Waals surface area (Å²) in [7, 11) is 3.21. The fraction of sp³-hybridized carbons (Fsp3) is 0.386. The lowest BCUT2D eigenvalue weighted by Crippen LogP contribution is -2.46. The summed E-state index contributed by atoms with van der Waals surface area (Å²) >= 11 is 0. The second-order valence-corrected chi connectivity index (χ2v) is 15.2. The average molecular weight is 732 g/mol. The molecule has 5 atom stereocenters. The van der Waals surface area contributed by atoms with Gasteiger partial charge in [-0.1, -0.05) is 63.2 Å². The Balaban J connectivity index is 1.32. The summed E-state index contributed by atoms with van der Waals surface area (Å²) in [5, 5.41) is 13.1. The highest BCUT2D eigenvalue weighted by Crippen LogP contribution is 2.60. The number of carbonyl (C=O) groups is 3. The van der Waals surface area contributed by atoms with Crippen LogP contribution in [0.15, 0.2) is 97.1 Å². The number of rotatable bonds is 11. The normalized spacial score (nSPS) is 23.5. The number of fused-ring (bicyclic) bond motifs is 2. The smallest absolute Gasteiger partial charge is 0.264 e. The molecule has 0 unspecified atom stereocenters. The monoisotopic (exact) mass is 731 g/mol. The Morgan fingerprint density at radius 3 is 2.26 bits per heavy atom. The number of carbonyl (C=O) groups excluding carboxylic acids is 3. The Bertz CT molecular complexity index is 2000. The number of aliphatic hydroxyl groups excluding tert-OH is 1. The molecule has 3 heterocycles. The maximum Gasteiger partial charge on any atom is 0.264 e. The highest BCUT2D eigenvalue weighted by Gasteiger charge is 2.66. The number of nitrogens with one attached hydrogen (secondary N) is 1. The molecule has 4 aromatic rings. The van der Waals surface area contributed by atoms with Crippen molar-refractivity contribution in [2.75, 3.05) is 37.6 Å². The SMILES string of the molecule is COc1ccc(C(=O)Nc2ccc3c(c2)[C@]2(O[C@@H](CC(=O)N4CCC[C@H]4CO)[C@H](C(C)(C)c4ccc(OC)cc4)[C@H]2C)C(=O)N3Cc2ccccc2)cc1. The molecule has 2 fully saturated rings. The average Bonchev–Trinajstić information content (AvgIpc) is 3.85. The molecule has 0 radical (unpaired) electrons. The van der Waals surface area contributed by atoms with Crippen molar-refractivity contribution in [3.05, 3.63) is 119 Å². The number of anilines is 2. The maximum atomic E-state index is 15.3. The van der Waals surface area contributed by atoms with Crippen LogP contribution in [0, 0.1) is 11.8 Å². The van der Waals surface area contributed by atoms with E-state index in [2.05, 4.69) is 26.1 Å². The molecule has 10 heteroatoms. The van der Waals surface area contributed by atoms with Crippen LogP contribution in [0.5, 0.6) is 11.5 Å². The van der Waals surface area contributed by atoms with E-state index >= 15 is 4.79 Å². The number of amides is 3. The first-order chi connectivity index (χ1) is 26.0. The predicted octanol–water partition coefficient (Wildman–Crippen LogP) is 6.70. The quantitative estimate of drug-likeness (QED) is 0.176. The number of aliphatic hydroxyl groups is 1. The number of ether oxygens (including phenoxy) is 3. The largest absolute Gasteiger partial charge is 0.497 e. The van der Waals surface area contributed by atoms with Crippen molar-refractivity contribution in [3.8, 4) is 11.5 Å². The highest BCUT2D eigenvalue weighted by molar-refractivity contribution is 6.09. The lowest BCUT2D eigenvalue weighted by molar-refractivity contribution is -0.150. The van der Waals surface area contributed by atoms with E-state index in [1.165, 1.54) is 0 Å². The van der Waals surface area contributed by atoms with E-state index in [9.17, 15) is 14.7 Å². The minimum Gasteiger partial charge on any atom is -0.497 e. The standard InChI is InChI=1S/C44H49N3O7/c1-28-40(43(2,3)31-15-20-35(53-5)21-16-31)38(25-39(49)46-23-9-12-33(46)27-48)54-44(28)36-24-32(45-41(50)30-13-18-34(52-4)19-14-30)17-22-37(36)47(42(44)51)26-29-10-7-6-8-11-29/h6-8,10-11,13-22,24,28,33,38,40,48H,9,12,23,25-27H2,1-5H3,(H,45,50)/t28-,33+,38+,40-,44+/m1/s1. The number of nitrogens with zero attached hydrogens (tertiary/aromatic N) is 2. The van der Waals surface area contributed by atoms with Crippen LogP contribution in [0.4, 0.5) is 11.4 Å². The molecular weight excluding hydrogens is 682 g/mol. The molecule has 3 aliphatic rings. The van der Waals surface area contributed by atoms with Gasteiger partial charge in [0, 0.05) is 35.2 Å². The van der Waals surface area contributed by atoms with Crippen molar-refractivity contribution in [2.45, 2.75) is 69.7 Å². The molecule has 0 bridgehead atoms. The van der Waals surface area contributed by atoms with E-state index in [1.807, 2.05) is 72.8 Å². The Labute approximate surface area is 317 Å². The molecule has 10 nitrogen and oxygen atoms in total. The third kappa shape index (κ3) is 6.51. The molecule has 3 aliphatic heterocycles. The summed E-state index contributed by atoms with van der Waals surface area (Å²) in [5.41, 5.74) is 2.31. The predicted molar refractivity (Wildman–Crippen MR) is 207 cm³/mol. The fourth-order valence-electron chi connectivity index (χ4n) is 9.10. The van der Waals surface area contributed by atoms with Gasteiger partial charge in [0.1, 0.15) is 11.5 Å². The molecule has 282 valence electrons. The molecular formula is C44H49N3O7. The first kappa shape index (κ1) is 37.1.